The molecule has 3 nitrogen and oxygen atoms in total. The molecule has 1 aromatic carbocycles. The average Bonchev–Trinajstić information content (AvgIpc) is 2.94. The van der Waals surface area contributed by atoms with Crippen LogP contribution in [-0.2, 0) is 0 Å². The van der Waals surface area contributed by atoms with Crippen molar-refractivity contribution in [1.29, 1.82) is 0 Å². The van der Waals surface area contributed by atoms with Crippen molar-refractivity contribution in [2.75, 3.05) is 27.2 Å². The van der Waals surface area contributed by atoms with Crippen LogP contribution < -0.4 is 10.1 Å². The van der Waals surface area contributed by atoms with Crippen molar-refractivity contribution in [1.82, 2.24) is 10.2 Å². The van der Waals surface area contributed by atoms with E-state index in [1.54, 1.807) is 7.11 Å². The van der Waals surface area contributed by atoms with Gasteiger partial charge in [-0.2, -0.15) is 0 Å². The Balaban J connectivity index is 2.10. The molecule has 2 rings (SSSR count). The maximum atomic E-state index is 5.21. The van der Waals surface area contributed by atoms with Gasteiger partial charge in [-0.15, -0.1) is 0 Å². The molecule has 1 aliphatic rings. The molecule has 0 bridgehead atoms. The fraction of sp³-hybridized carbons (Fsp3) is 0.600. The molecular formula is C15H24N2O. The van der Waals surface area contributed by atoms with Crippen molar-refractivity contribution in [3.05, 3.63) is 29.8 Å². The van der Waals surface area contributed by atoms with Gasteiger partial charge in [0.1, 0.15) is 5.75 Å². The molecule has 0 amide bonds. The summed E-state index contributed by atoms with van der Waals surface area (Å²) in [5.41, 5.74) is 1.33. The number of hydrogen-bond donors (Lipinski definition) is 1. The Bertz CT molecular complexity index is 357. The van der Waals surface area contributed by atoms with Crippen molar-refractivity contribution in [2.45, 2.75) is 31.8 Å². The van der Waals surface area contributed by atoms with Crippen LogP contribution >= 0.6 is 0 Å². The van der Waals surface area contributed by atoms with E-state index in [0.717, 1.165) is 5.75 Å². The first kappa shape index (κ1) is 13.4. The summed E-state index contributed by atoms with van der Waals surface area (Å²) in [7, 11) is 3.75. The Morgan fingerprint density at radius 2 is 1.78 bits per heavy atom. The first-order valence-corrected chi connectivity index (χ1v) is 6.81. The number of nitrogens with zero attached hydrogens (tertiary/aromatic N) is 1. The molecule has 1 heterocycles. The minimum atomic E-state index is 0.383. The van der Waals surface area contributed by atoms with Gasteiger partial charge in [-0.25, -0.2) is 0 Å². The van der Waals surface area contributed by atoms with Crippen LogP contribution in [0.4, 0.5) is 0 Å². The van der Waals surface area contributed by atoms with Gasteiger partial charge in [0.15, 0.2) is 0 Å². The summed E-state index contributed by atoms with van der Waals surface area (Å²) in [6.07, 6.45) is 2.67. The molecule has 1 N–H and O–H groups in total. The lowest BCUT2D eigenvalue weighted by atomic mass is 9.99. The van der Waals surface area contributed by atoms with Gasteiger partial charge in [0.05, 0.1) is 7.11 Å². The summed E-state index contributed by atoms with van der Waals surface area (Å²) in [4.78, 5) is 2.57. The summed E-state index contributed by atoms with van der Waals surface area (Å²) in [6.45, 7) is 4.78. The van der Waals surface area contributed by atoms with Crippen molar-refractivity contribution in [3.63, 3.8) is 0 Å². The van der Waals surface area contributed by atoms with E-state index >= 15 is 0 Å². The number of benzene rings is 1. The monoisotopic (exact) mass is 248 g/mol. The lowest BCUT2D eigenvalue weighted by molar-refractivity contribution is 0.212. The van der Waals surface area contributed by atoms with Crippen LogP contribution in [0.25, 0.3) is 0 Å². The molecule has 0 aliphatic carbocycles. The molecular weight excluding hydrogens is 224 g/mol. The fourth-order valence-electron chi connectivity index (χ4n) is 2.86. The third-order valence-electron chi connectivity index (χ3n) is 3.98. The normalized spacial score (nSPS) is 19.7. The van der Waals surface area contributed by atoms with Crippen LogP contribution in [0, 0.1) is 0 Å². The number of ether oxygens (including phenoxy) is 1. The smallest absolute Gasteiger partial charge is 0.118 e. The van der Waals surface area contributed by atoms with Crippen LogP contribution in [0.1, 0.15) is 31.4 Å². The van der Waals surface area contributed by atoms with Crippen molar-refractivity contribution < 1.29 is 4.74 Å². The molecule has 0 radical (unpaired) electrons. The van der Waals surface area contributed by atoms with Crippen molar-refractivity contribution >= 4 is 0 Å². The number of nitrogens with one attached hydrogen (secondary N) is 1. The van der Waals surface area contributed by atoms with Gasteiger partial charge >= 0.3 is 0 Å². The second-order valence-electron chi connectivity index (χ2n) is 5.02. The van der Waals surface area contributed by atoms with Gasteiger partial charge in [-0.3, -0.25) is 4.90 Å². The highest BCUT2D eigenvalue weighted by atomic mass is 16.5. The third kappa shape index (κ3) is 2.85. The first-order valence-electron chi connectivity index (χ1n) is 6.81. The minimum absolute atomic E-state index is 0.383. The number of hydrogen-bond acceptors (Lipinski definition) is 3. The zero-order chi connectivity index (χ0) is 13.0. The van der Waals surface area contributed by atoms with Crippen LogP contribution in [-0.4, -0.2) is 38.2 Å². The number of rotatable bonds is 5. The summed E-state index contributed by atoms with van der Waals surface area (Å²) < 4.78 is 5.21. The standard InChI is InChI=1S/C15H24N2O/c1-12(17-10-4-5-11-17)15(16-2)13-6-8-14(18-3)9-7-13/h6-9,12,15-16H,4-5,10-11H2,1-3H3. The average molecular weight is 248 g/mol. The van der Waals surface area contributed by atoms with Gasteiger partial charge in [0.2, 0.25) is 0 Å². The summed E-state index contributed by atoms with van der Waals surface area (Å²) >= 11 is 0. The van der Waals surface area contributed by atoms with E-state index in [-0.39, 0.29) is 0 Å². The molecule has 1 saturated heterocycles. The van der Waals surface area contributed by atoms with Crippen LogP contribution in [0.3, 0.4) is 0 Å². The Morgan fingerprint density at radius 3 is 2.28 bits per heavy atom. The Morgan fingerprint density at radius 1 is 1.17 bits per heavy atom. The summed E-state index contributed by atoms with van der Waals surface area (Å²) in [5, 5.41) is 3.45. The first-order chi connectivity index (χ1) is 8.76. The van der Waals surface area contributed by atoms with E-state index in [2.05, 4.69) is 29.3 Å². The highest BCUT2D eigenvalue weighted by Gasteiger charge is 2.25. The summed E-state index contributed by atoms with van der Waals surface area (Å²) in [6, 6.07) is 9.31. The van der Waals surface area contributed by atoms with Gasteiger partial charge in [0.25, 0.3) is 0 Å². The van der Waals surface area contributed by atoms with E-state index in [9.17, 15) is 0 Å². The van der Waals surface area contributed by atoms with Crippen molar-refractivity contribution in [2.24, 2.45) is 0 Å². The van der Waals surface area contributed by atoms with Gasteiger partial charge in [-0.05, 0) is 57.6 Å². The van der Waals surface area contributed by atoms with Gasteiger partial charge in [-0.1, -0.05) is 12.1 Å². The van der Waals surface area contributed by atoms with Crippen LogP contribution in [0.15, 0.2) is 24.3 Å². The van der Waals surface area contributed by atoms with E-state index < -0.39 is 0 Å². The lowest BCUT2D eigenvalue weighted by Gasteiger charge is -2.31. The quantitative estimate of drug-likeness (QED) is 0.866. The minimum Gasteiger partial charge on any atom is -0.497 e. The molecule has 1 fully saturated rings. The van der Waals surface area contributed by atoms with Crippen LogP contribution in [0.2, 0.25) is 0 Å². The SMILES string of the molecule is CNC(c1ccc(OC)cc1)C(C)N1CCCC1. The number of likely N-dealkylation sites (tertiary alicyclic amines) is 1. The topological polar surface area (TPSA) is 24.5 Å². The Kier molecular flexibility index (Phi) is 4.61. The zero-order valence-corrected chi connectivity index (χ0v) is 11.6. The van der Waals surface area contributed by atoms with E-state index in [1.807, 2.05) is 19.2 Å². The number of likely N-dealkylation sites (N-methyl/N-ethyl adjacent to an activating group) is 1. The molecule has 3 heteroatoms. The second-order valence-corrected chi connectivity index (χ2v) is 5.02. The molecule has 2 atom stereocenters. The van der Waals surface area contributed by atoms with Crippen molar-refractivity contribution in [3.8, 4) is 5.75 Å². The molecule has 1 aromatic rings. The molecule has 0 saturated carbocycles. The predicted molar refractivity (Wildman–Crippen MR) is 75.1 cm³/mol. The predicted octanol–water partition coefficient (Wildman–Crippen LogP) is 2.44. The maximum absolute atomic E-state index is 5.21. The lowest BCUT2D eigenvalue weighted by Crippen LogP contribution is -2.40. The van der Waals surface area contributed by atoms with E-state index in [0.29, 0.717) is 12.1 Å². The largest absolute Gasteiger partial charge is 0.497 e. The molecule has 0 aromatic heterocycles. The molecule has 2 unspecified atom stereocenters. The molecule has 100 valence electrons. The van der Waals surface area contributed by atoms with Gasteiger partial charge in [0, 0.05) is 12.1 Å². The Hall–Kier alpha value is -1.06. The summed E-state index contributed by atoms with van der Waals surface area (Å²) in [5.74, 6) is 0.919. The fourth-order valence-corrected chi connectivity index (χ4v) is 2.86. The van der Waals surface area contributed by atoms with E-state index in [4.69, 9.17) is 4.74 Å². The third-order valence-corrected chi connectivity index (χ3v) is 3.98. The highest BCUT2D eigenvalue weighted by molar-refractivity contribution is 5.29. The maximum Gasteiger partial charge on any atom is 0.118 e. The van der Waals surface area contributed by atoms with Gasteiger partial charge < -0.3 is 10.1 Å². The second kappa shape index (κ2) is 6.21. The van der Waals surface area contributed by atoms with Crippen LogP contribution in [0.5, 0.6) is 5.75 Å². The van der Waals surface area contributed by atoms with E-state index in [1.165, 1.54) is 31.5 Å². The zero-order valence-electron chi connectivity index (χ0n) is 11.6. The molecule has 18 heavy (non-hydrogen) atoms. The number of methoxy groups -OCH3 is 1. The Labute approximate surface area is 110 Å². The molecule has 0 spiro atoms. The highest BCUT2D eigenvalue weighted by Crippen LogP contribution is 2.25. The molecule has 1 aliphatic heterocycles.